The molecule has 1 heterocycles. The third kappa shape index (κ3) is 5.26. The Morgan fingerprint density at radius 3 is 2.23 bits per heavy atom. The van der Waals surface area contributed by atoms with Gasteiger partial charge in [0.2, 0.25) is 0 Å². The van der Waals surface area contributed by atoms with Gasteiger partial charge >= 0.3 is 6.18 Å². The van der Waals surface area contributed by atoms with Crippen molar-refractivity contribution in [3.8, 4) is 5.75 Å². The van der Waals surface area contributed by atoms with Crippen LogP contribution in [0.5, 0.6) is 5.75 Å². The molecule has 0 aliphatic heterocycles. The smallest absolute Gasteiger partial charge is 0.416 e. The molecule has 3 aromatic rings. The fourth-order valence-corrected chi connectivity index (χ4v) is 5.65. The molecule has 0 unspecified atom stereocenters. The second-order valence-electron chi connectivity index (χ2n) is 6.51. The lowest BCUT2D eigenvalue weighted by Gasteiger charge is -2.18. The fourth-order valence-electron chi connectivity index (χ4n) is 2.87. The SMILES string of the molecule is COc1ccc(S(=O)(=O)[C@H](CNC(=O)c2ccc(C(F)(F)F)cc2)c2cccs2)cc1. The highest BCUT2D eigenvalue weighted by atomic mass is 32.2. The van der Waals surface area contributed by atoms with Gasteiger partial charge in [-0.25, -0.2) is 8.42 Å². The van der Waals surface area contributed by atoms with E-state index in [2.05, 4.69) is 5.32 Å². The van der Waals surface area contributed by atoms with Crippen LogP contribution in [0.3, 0.4) is 0 Å². The zero-order valence-electron chi connectivity index (χ0n) is 16.2. The summed E-state index contributed by atoms with van der Waals surface area (Å²) < 4.78 is 69.6. The van der Waals surface area contributed by atoms with Crippen molar-refractivity contribution in [3.05, 3.63) is 82.0 Å². The van der Waals surface area contributed by atoms with Crippen LogP contribution >= 0.6 is 11.3 Å². The van der Waals surface area contributed by atoms with E-state index in [4.69, 9.17) is 4.74 Å². The standard InChI is InChI=1S/C21H18F3NO4S2/c1-29-16-8-10-17(11-9-16)31(27,28)19(18-3-2-12-30-18)13-25-20(26)14-4-6-15(7-5-14)21(22,23)24/h2-12,19H,13H2,1H3,(H,25,26)/t19-/m1/s1. The van der Waals surface area contributed by atoms with Crippen molar-refractivity contribution < 1.29 is 31.1 Å². The van der Waals surface area contributed by atoms with Gasteiger partial charge in [0.1, 0.15) is 11.0 Å². The summed E-state index contributed by atoms with van der Waals surface area (Å²) in [5, 5.41) is 3.20. The van der Waals surface area contributed by atoms with Crippen molar-refractivity contribution in [3.63, 3.8) is 0 Å². The van der Waals surface area contributed by atoms with Gasteiger partial charge in [0.15, 0.2) is 9.84 Å². The third-order valence-corrected chi connectivity index (χ3v) is 7.78. The van der Waals surface area contributed by atoms with Crippen LogP contribution in [-0.2, 0) is 16.0 Å². The first-order chi connectivity index (χ1) is 14.6. The summed E-state index contributed by atoms with van der Waals surface area (Å²) in [6.07, 6.45) is -4.51. The number of sulfone groups is 1. The third-order valence-electron chi connectivity index (χ3n) is 4.55. The van der Waals surface area contributed by atoms with Crippen LogP contribution < -0.4 is 10.1 Å². The molecule has 0 bridgehead atoms. The van der Waals surface area contributed by atoms with Gasteiger partial charge in [-0.3, -0.25) is 4.79 Å². The van der Waals surface area contributed by atoms with Gasteiger partial charge in [0.05, 0.1) is 17.6 Å². The Bertz CT molecular complexity index is 1120. The molecule has 2 aromatic carbocycles. The first-order valence-electron chi connectivity index (χ1n) is 8.99. The lowest BCUT2D eigenvalue weighted by molar-refractivity contribution is -0.137. The minimum absolute atomic E-state index is 0.000208. The Hall–Kier alpha value is -2.85. The number of hydrogen-bond acceptors (Lipinski definition) is 5. The van der Waals surface area contributed by atoms with Crippen LogP contribution in [0.15, 0.2) is 70.9 Å². The number of hydrogen-bond donors (Lipinski definition) is 1. The molecular formula is C21H18F3NO4S2. The highest BCUT2D eigenvalue weighted by molar-refractivity contribution is 7.91. The van der Waals surface area contributed by atoms with Crippen LogP contribution in [0.25, 0.3) is 0 Å². The molecule has 0 fully saturated rings. The molecule has 0 saturated heterocycles. The molecule has 164 valence electrons. The normalized spacial score (nSPS) is 12.9. The Balaban J connectivity index is 1.81. The van der Waals surface area contributed by atoms with E-state index >= 15 is 0 Å². The van der Waals surface area contributed by atoms with E-state index in [0.717, 1.165) is 24.3 Å². The average molecular weight is 470 g/mol. The summed E-state index contributed by atoms with van der Waals surface area (Å²) in [5.74, 6) is -0.164. The average Bonchev–Trinajstić information content (AvgIpc) is 3.27. The molecule has 0 saturated carbocycles. The summed E-state index contributed by atoms with van der Waals surface area (Å²) in [7, 11) is -2.39. The highest BCUT2D eigenvalue weighted by Crippen LogP contribution is 2.32. The predicted molar refractivity (Wildman–Crippen MR) is 111 cm³/mol. The molecule has 0 aliphatic rings. The Morgan fingerprint density at radius 1 is 1.06 bits per heavy atom. The lowest BCUT2D eigenvalue weighted by atomic mass is 10.1. The number of alkyl halides is 3. The number of nitrogens with one attached hydrogen (secondary N) is 1. The zero-order chi connectivity index (χ0) is 22.6. The monoisotopic (exact) mass is 469 g/mol. The zero-order valence-corrected chi connectivity index (χ0v) is 17.9. The molecule has 1 atom stereocenters. The maximum absolute atomic E-state index is 13.2. The summed E-state index contributed by atoms with van der Waals surface area (Å²) >= 11 is 1.23. The van der Waals surface area contributed by atoms with Crippen molar-refractivity contribution >= 4 is 27.1 Å². The van der Waals surface area contributed by atoms with Crippen LogP contribution in [-0.4, -0.2) is 28.0 Å². The van der Waals surface area contributed by atoms with E-state index in [1.54, 1.807) is 17.5 Å². The largest absolute Gasteiger partial charge is 0.497 e. The van der Waals surface area contributed by atoms with Crippen LogP contribution in [0, 0.1) is 0 Å². The van der Waals surface area contributed by atoms with E-state index in [9.17, 15) is 26.4 Å². The van der Waals surface area contributed by atoms with Gasteiger partial charge in [-0.1, -0.05) is 6.07 Å². The highest BCUT2D eigenvalue weighted by Gasteiger charge is 2.32. The first-order valence-corrected chi connectivity index (χ1v) is 11.4. The lowest BCUT2D eigenvalue weighted by Crippen LogP contribution is -2.31. The van der Waals surface area contributed by atoms with E-state index in [-0.39, 0.29) is 17.0 Å². The van der Waals surface area contributed by atoms with Gasteiger partial charge in [0.25, 0.3) is 5.91 Å². The molecule has 10 heteroatoms. The van der Waals surface area contributed by atoms with Gasteiger partial charge in [-0.05, 0) is 60.0 Å². The van der Waals surface area contributed by atoms with Crippen LogP contribution in [0.4, 0.5) is 13.2 Å². The number of methoxy groups -OCH3 is 1. The van der Waals surface area contributed by atoms with Crippen LogP contribution in [0.1, 0.15) is 26.0 Å². The molecular weight excluding hydrogens is 451 g/mol. The molecule has 0 aliphatic carbocycles. The van der Waals surface area contributed by atoms with Crippen molar-refractivity contribution in [2.45, 2.75) is 16.3 Å². The Kier molecular flexibility index (Phi) is 6.71. The number of carbonyl (C=O) groups excluding carboxylic acids is 1. The summed E-state index contributed by atoms with van der Waals surface area (Å²) in [4.78, 5) is 13.0. The summed E-state index contributed by atoms with van der Waals surface area (Å²) in [5.41, 5.74) is -0.873. The van der Waals surface area contributed by atoms with Gasteiger partial charge in [0, 0.05) is 17.0 Å². The fraction of sp³-hybridized carbons (Fsp3) is 0.190. The quantitative estimate of drug-likeness (QED) is 0.544. The van der Waals surface area contributed by atoms with Crippen LogP contribution in [0.2, 0.25) is 0 Å². The summed E-state index contributed by atoms with van der Waals surface area (Å²) in [6, 6.07) is 13.0. The number of rotatable bonds is 7. The Labute approximate surface area is 181 Å². The molecule has 1 N–H and O–H groups in total. The van der Waals surface area contributed by atoms with Crippen molar-refractivity contribution in [1.29, 1.82) is 0 Å². The minimum Gasteiger partial charge on any atom is -0.497 e. The first kappa shape index (κ1) is 22.8. The van der Waals surface area contributed by atoms with E-state index in [0.29, 0.717) is 10.6 Å². The van der Waals surface area contributed by atoms with E-state index in [1.165, 1.54) is 42.7 Å². The van der Waals surface area contributed by atoms with E-state index in [1.807, 2.05) is 0 Å². The number of ether oxygens (including phenoxy) is 1. The summed E-state index contributed by atoms with van der Waals surface area (Å²) in [6.45, 7) is -0.241. The van der Waals surface area contributed by atoms with Gasteiger partial charge < -0.3 is 10.1 Å². The number of halogens is 3. The van der Waals surface area contributed by atoms with Crippen molar-refractivity contribution in [1.82, 2.24) is 5.32 Å². The van der Waals surface area contributed by atoms with Gasteiger partial charge in [-0.2, -0.15) is 13.2 Å². The molecule has 0 spiro atoms. The van der Waals surface area contributed by atoms with Crippen molar-refractivity contribution in [2.24, 2.45) is 0 Å². The topological polar surface area (TPSA) is 72.5 Å². The maximum atomic E-state index is 13.2. The number of carbonyl (C=O) groups is 1. The molecule has 1 amide bonds. The van der Waals surface area contributed by atoms with Gasteiger partial charge in [-0.15, -0.1) is 11.3 Å². The minimum atomic E-state index is -4.51. The molecule has 0 radical (unpaired) electrons. The molecule has 3 rings (SSSR count). The predicted octanol–water partition coefficient (Wildman–Crippen LogP) is 4.72. The molecule has 31 heavy (non-hydrogen) atoms. The van der Waals surface area contributed by atoms with E-state index < -0.39 is 32.7 Å². The number of thiophene rings is 1. The maximum Gasteiger partial charge on any atom is 0.416 e. The number of benzene rings is 2. The molecule has 5 nitrogen and oxygen atoms in total. The number of amides is 1. The van der Waals surface area contributed by atoms with Crippen molar-refractivity contribution in [2.75, 3.05) is 13.7 Å². The molecule has 1 aromatic heterocycles. The second-order valence-corrected chi connectivity index (χ2v) is 9.62. The Morgan fingerprint density at radius 2 is 1.71 bits per heavy atom. The second kappa shape index (κ2) is 9.11.